The molecule has 0 aliphatic carbocycles. The Morgan fingerprint density at radius 2 is 1.95 bits per heavy atom. The van der Waals surface area contributed by atoms with Crippen LogP contribution in [0.3, 0.4) is 0 Å². The highest BCUT2D eigenvalue weighted by atomic mass is 32.2. The summed E-state index contributed by atoms with van der Waals surface area (Å²) in [5.41, 5.74) is 0.787. The fourth-order valence-corrected chi connectivity index (χ4v) is 4.00. The van der Waals surface area contributed by atoms with Gasteiger partial charge in [0, 0.05) is 24.5 Å². The highest BCUT2D eigenvalue weighted by molar-refractivity contribution is 7.98. The lowest BCUT2D eigenvalue weighted by Crippen LogP contribution is -2.40. The van der Waals surface area contributed by atoms with E-state index in [1.54, 1.807) is 11.8 Å². The molecule has 1 saturated heterocycles. The van der Waals surface area contributed by atoms with Gasteiger partial charge in [-0.15, -0.1) is 11.8 Å². The Morgan fingerprint density at radius 3 is 2.64 bits per heavy atom. The maximum atomic E-state index is 12.2. The molecule has 0 spiro atoms. The number of nitrogens with one attached hydrogen (secondary N) is 1. The molecule has 122 valence electrons. The Labute approximate surface area is 138 Å². The first-order valence-corrected chi connectivity index (χ1v) is 9.46. The van der Waals surface area contributed by atoms with E-state index in [-0.39, 0.29) is 5.91 Å². The first-order valence-electron chi connectivity index (χ1n) is 8.23. The zero-order valence-electron chi connectivity index (χ0n) is 14.0. The van der Waals surface area contributed by atoms with E-state index >= 15 is 0 Å². The molecular formula is C18H28N2OS. The predicted octanol–water partition coefficient (Wildman–Crippen LogP) is 3.51. The number of hydrogen-bond donors (Lipinski definition) is 1. The van der Waals surface area contributed by atoms with Crippen molar-refractivity contribution in [1.29, 1.82) is 0 Å². The maximum absolute atomic E-state index is 12.2. The summed E-state index contributed by atoms with van der Waals surface area (Å²) in [6.07, 6.45) is 4.37. The normalized spacial score (nSPS) is 22.5. The van der Waals surface area contributed by atoms with Crippen molar-refractivity contribution in [3.05, 3.63) is 29.8 Å². The summed E-state index contributed by atoms with van der Waals surface area (Å²) in [5.74, 6) is 1.64. The second-order valence-electron chi connectivity index (χ2n) is 6.52. The monoisotopic (exact) mass is 320 g/mol. The molecule has 4 heteroatoms. The lowest BCUT2D eigenvalue weighted by Gasteiger charge is -2.34. The summed E-state index contributed by atoms with van der Waals surface area (Å²) >= 11 is 1.62. The molecule has 0 saturated carbocycles. The number of thioether (sulfide) groups is 1. The van der Waals surface area contributed by atoms with Gasteiger partial charge in [0.15, 0.2) is 0 Å². The van der Waals surface area contributed by atoms with Crippen LogP contribution < -0.4 is 5.32 Å². The van der Waals surface area contributed by atoms with Crippen molar-refractivity contribution in [3.8, 4) is 0 Å². The van der Waals surface area contributed by atoms with E-state index in [1.165, 1.54) is 19.5 Å². The van der Waals surface area contributed by atoms with Crippen molar-refractivity contribution in [2.45, 2.75) is 31.6 Å². The Kier molecular flexibility index (Phi) is 6.77. The Hall–Kier alpha value is -1.00. The van der Waals surface area contributed by atoms with Crippen molar-refractivity contribution in [2.75, 3.05) is 32.4 Å². The lowest BCUT2D eigenvalue weighted by atomic mass is 9.92. The first-order chi connectivity index (χ1) is 10.6. The predicted molar refractivity (Wildman–Crippen MR) is 94.6 cm³/mol. The van der Waals surface area contributed by atoms with Crippen molar-refractivity contribution in [1.82, 2.24) is 10.2 Å². The second kappa shape index (κ2) is 8.59. The first kappa shape index (κ1) is 17.4. The highest BCUT2D eigenvalue weighted by Crippen LogP contribution is 2.21. The zero-order chi connectivity index (χ0) is 15.9. The average molecular weight is 321 g/mol. The van der Waals surface area contributed by atoms with Gasteiger partial charge in [0.1, 0.15) is 0 Å². The molecule has 2 unspecified atom stereocenters. The van der Waals surface area contributed by atoms with E-state index in [0.29, 0.717) is 0 Å². The third-order valence-electron chi connectivity index (χ3n) is 4.23. The molecule has 0 aromatic heterocycles. The van der Waals surface area contributed by atoms with E-state index in [9.17, 15) is 4.79 Å². The van der Waals surface area contributed by atoms with Crippen LogP contribution in [0.2, 0.25) is 0 Å². The molecule has 2 atom stereocenters. The molecule has 1 aromatic carbocycles. The minimum atomic E-state index is 0.0466. The van der Waals surface area contributed by atoms with Gasteiger partial charge >= 0.3 is 0 Å². The summed E-state index contributed by atoms with van der Waals surface area (Å²) in [6, 6.07) is 7.79. The third-order valence-corrected chi connectivity index (χ3v) is 5.03. The molecule has 1 aliphatic heterocycles. The lowest BCUT2D eigenvalue weighted by molar-refractivity contribution is 0.0944. The molecular weight excluding hydrogens is 292 g/mol. The van der Waals surface area contributed by atoms with Crippen LogP contribution in [0.15, 0.2) is 29.2 Å². The van der Waals surface area contributed by atoms with Crippen LogP contribution in [0.4, 0.5) is 0 Å². The number of rotatable bonds is 6. The number of likely N-dealkylation sites (tertiary alicyclic amines) is 1. The number of carbonyl (C=O) groups is 1. The Bertz CT molecular complexity index is 482. The maximum Gasteiger partial charge on any atom is 0.252 e. The van der Waals surface area contributed by atoms with Crippen molar-refractivity contribution < 1.29 is 4.79 Å². The summed E-state index contributed by atoms with van der Waals surface area (Å²) < 4.78 is 0. The number of amides is 1. The van der Waals surface area contributed by atoms with Crippen molar-refractivity contribution in [3.63, 3.8) is 0 Å². The van der Waals surface area contributed by atoms with E-state index in [1.807, 2.05) is 30.5 Å². The summed E-state index contributed by atoms with van der Waals surface area (Å²) in [7, 11) is 0. The van der Waals surface area contributed by atoms with Crippen LogP contribution in [-0.4, -0.2) is 43.2 Å². The van der Waals surface area contributed by atoms with Crippen LogP contribution in [0.25, 0.3) is 0 Å². The fraction of sp³-hybridized carbons (Fsp3) is 0.611. The summed E-state index contributed by atoms with van der Waals surface area (Å²) in [4.78, 5) is 15.8. The standard InChI is InChI=1S/C18H28N2OS/c1-14-11-15(2)13-20(12-14)10-6-9-19-18(21)16-7-4-5-8-17(16)22-3/h4-5,7-8,14-15H,6,9-13H2,1-3H3,(H,19,21). The molecule has 1 fully saturated rings. The van der Waals surface area contributed by atoms with Gasteiger partial charge in [0.25, 0.3) is 5.91 Å². The molecule has 3 nitrogen and oxygen atoms in total. The smallest absolute Gasteiger partial charge is 0.252 e. The van der Waals surface area contributed by atoms with Crippen LogP contribution in [0.1, 0.15) is 37.0 Å². The van der Waals surface area contributed by atoms with Gasteiger partial charge in [-0.3, -0.25) is 4.79 Å². The van der Waals surface area contributed by atoms with Gasteiger partial charge in [0.2, 0.25) is 0 Å². The quantitative estimate of drug-likeness (QED) is 0.643. The molecule has 22 heavy (non-hydrogen) atoms. The van der Waals surface area contributed by atoms with Gasteiger partial charge in [-0.25, -0.2) is 0 Å². The number of hydrogen-bond acceptors (Lipinski definition) is 3. The van der Waals surface area contributed by atoms with Gasteiger partial charge in [-0.2, -0.15) is 0 Å². The summed E-state index contributed by atoms with van der Waals surface area (Å²) in [5, 5.41) is 3.06. The van der Waals surface area contributed by atoms with Gasteiger partial charge in [-0.1, -0.05) is 26.0 Å². The Morgan fingerprint density at radius 1 is 1.27 bits per heavy atom. The third kappa shape index (κ3) is 5.03. The minimum absolute atomic E-state index is 0.0466. The van der Waals surface area contributed by atoms with E-state index < -0.39 is 0 Å². The van der Waals surface area contributed by atoms with E-state index in [2.05, 4.69) is 24.1 Å². The number of nitrogens with zero attached hydrogens (tertiary/aromatic N) is 1. The fourth-order valence-electron chi connectivity index (χ4n) is 3.41. The van der Waals surface area contributed by atoms with Crippen molar-refractivity contribution >= 4 is 17.7 Å². The van der Waals surface area contributed by atoms with Gasteiger partial charge in [0.05, 0.1) is 5.56 Å². The zero-order valence-corrected chi connectivity index (χ0v) is 14.8. The van der Waals surface area contributed by atoms with E-state index in [4.69, 9.17) is 0 Å². The molecule has 1 amide bonds. The molecule has 1 aromatic rings. The minimum Gasteiger partial charge on any atom is -0.352 e. The van der Waals surface area contributed by atoms with Gasteiger partial charge in [-0.05, 0) is 49.6 Å². The number of benzene rings is 1. The average Bonchev–Trinajstić information content (AvgIpc) is 2.50. The summed E-state index contributed by atoms with van der Waals surface area (Å²) in [6.45, 7) is 8.91. The van der Waals surface area contributed by atoms with Crippen LogP contribution >= 0.6 is 11.8 Å². The number of piperidine rings is 1. The Balaban J connectivity index is 1.73. The van der Waals surface area contributed by atoms with Gasteiger partial charge < -0.3 is 10.2 Å². The second-order valence-corrected chi connectivity index (χ2v) is 7.36. The molecule has 1 aliphatic rings. The van der Waals surface area contributed by atoms with E-state index in [0.717, 1.165) is 41.8 Å². The topological polar surface area (TPSA) is 32.3 Å². The van der Waals surface area contributed by atoms with Crippen LogP contribution in [0.5, 0.6) is 0 Å². The highest BCUT2D eigenvalue weighted by Gasteiger charge is 2.21. The molecule has 0 radical (unpaired) electrons. The number of carbonyl (C=O) groups excluding carboxylic acids is 1. The van der Waals surface area contributed by atoms with Crippen LogP contribution in [0, 0.1) is 11.8 Å². The van der Waals surface area contributed by atoms with Crippen molar-refractivity contribution in [2.24, 2.45) is 11.8 Å². The SMILES string of the molecule is CSc1ccccc1C(=O)NCCCN1CC(C)CC(C)C1. The molecule has 1 heterocycles. The molecule has 2 rings (SSSR count). The van der Waals surface area contributed by atoms with Crippen LogP contribution in [-0.2, 0) is 0 Å². The largest absolute Gasteiger partial charge is 0.352 e. The molecule has 1 N–H and O–H groups in total. The molecule has 0 bridgehead atoms.